The quantitative estimate of drug-likeness (QED) is 0.688. The van der Waals surface area contributed by atoms with Crippen molar-refractivity contribution in [2.24, 2.45) is 5.73 Å². The van der Waals surface area contributed by atoms with Gasteiger partial charge in [-0.25, -0.2) is 9.97 Å². The van der Waals surface area contributed by atoms with Crippen LogP contribution in [0.25, 0.3) is 0 Å². The molecule has 12 heavy (non-hydrogen) atoms. The second-order valence-corrected chi connectivity index (χ2v) is 2.76. The minimum Gasteiger partial charge on any atom is -0.321 e. The Labute approximate surface area is 74.8 Å². The smallest absolute Gasteiger partial charge is 0.199 e. The van der Waals surface area contributed by atoms with Crippen LogP contribution in [0.3, 0.4) is 0 Å². The van der Waals surface area contributed by atoms with Gasteiger partial charge in [-0.15, -0.1) is 0 Å². The second-order valence-electron chi connectivity index (χ2n) is 2.38. The molecule has 1 aromatic rings. The summed E-state index contributed by atoms with van der Waals surface area (Å²) in [5.41, 5.74) is 5.60. The number of carbonyl (C=O) groups is 1. The van der Waals surface area contributed by atoms with E-state index >= 15 is 0 Å². The van der Waals surface area contributed by atoms with Crippen LogP contribution in [0.2, 0.25) is 5.15 Å². The molecule has 0 aliphatic carbocycles. The lowest BCUT2D eigenvalue weighted by atomic mass is 10.2. The van der Waals surface area contributed by atoms with Gasteiger partial charge in [0.1, 0.15) is 10.8 Å². The lowest BCUT2D eigenvalue weighted by molar-refractivity contribution is 0.0962. The highest BCUT2D eigenvalue weighted by Crippen LogP contribution is 2.02. The van der Waals surface area contributed by atoms with E-state index in [-0.39, 0.29) is 16.6 Å². The zero-order valence-electron chi connectivity index (χ0n) is 6.49. The summed E-state index contributed by atoms with van der Waals surface area (Å²) in [6.07, 6.45) is 2.63. The monoisotopic (exact) mass is 185 g/mol. The van der Waals surface area contributed by atoms with E-state index in [4.69, 9.17) is 17.3 Å². The van der Waals surface area contributed by atoms with Gasteiger partial charge in [-0.2, -0.15) is 0 Å². The molecule has 1 heterocycles. The highest BCUT2D eigenvalue weighted by atomic mass is 35.5. The van der Waals surface area contributed by atoms with Crippen molar-refractivity contribution in [3.8, 4) is 0 Å². The lowest BCUT2D eigenvalue weighted by Crippen LogP contribution is -2.27. The normalized spacial score (nSPS) is 12.6. The Balaban J connectivity index is 2.90. The number of Topliss-reactive ketones (excluding diaryl/α,β-unsaturated/α-hetero) is 1. The summed E-state index contributed by atoms with van der Waals surface area (Å²) in [6.45, 7) is 1.60. The van der Waals surface area contributed by atoms with E-state index in [1.54, 1.807) is 6.92 Å². The van der Waals surface area contributed by atoms with Gasteiger partial charge >= 0.3 is 0 Å². The Hall–Kier alpha value is -1.00. The summed E-state index contributed by atoms with van der Waals surface area (Å²) < 4.78 is 0. The minimum absolute atomic E-state index is 0.237. The number of ketones is 1. The molecule has 1 unspecified atom stereocenters. The van der Waals surface area contributed by atoms with Gasteiger partial charge in [0.05, 0.1) is 18.4 Å². The number of hydrogen-bond acceptors (Lipinski definition) is 4. The Morgan fingerprint density at radius 1 is 1.58 bits per heavy atom. The molecule has 0 radical (unpaired) electrons. The first-order valence-electron chi connectivity index (χ1n) is 3.38. The molecule has 1 atom stereocenters. The summed E-state index contributed by atoms with van der Waals surface area (Å²) in [6, 6.07) is -0.555. The van der Waals surface area contributed by atoms with Crippen molar-refractivity contribution in [1.82, 2.24) is 9.97 Å². The number of carbonyl (C=O) groups excluding carboxylic acids is 1. The zero-order valence-corrected chi connectivity index (χ0v) is 7.25. The van der Waals surface area contributed by atoms with Gasteiger partial charge in [-0.05, 0) is 6.92 Å². The molecule has 5 heteroatoms. The van der Waals surface area contributed by atoms with E-state index in [0.717, 1.165) is 0 Å². The molecule has 0 saturated carbocycles. The van der Waals surface area contributed by atoms with Crippen LogP contribution in [0, 0.1) is 0 Å². The maximum absolute atomic E-state index is 11.2. The Kier molecular flexibility index (Phi) is 2.73. The number of nitrogens with two attached hydrogens (primary N) is 1. The maximum atomic E-state index is 11.2. The maximum Gasteiger partial charge on any atom is 0.199 e. The van der Waals surface area contributed by atoms with Crippen molar-refractivity contribution in [1.29, 1.82) is 0 Å². The first-order chi connectivity index (χ1) is 5.61. The van der Waals surface area contributed by atoms with Crippen LogP contribution >= 0.6 is 11.6 Å². The number of rotatable bonds is 2. The summed E-state index contributed by atoms with van der Waals surface area (Å²) in [5, 5.41) is 0.260. The van der Waals surface area contributed by atoms with Gasteiger partial charge in [-0.3, -0.25) is 4.79 Å². The predicted molar refractivity (Wildman–Crippen MR) is 45.0 cm³/mol. The van der Waals surface area contributed by atoms with Crippen molar-refractivity contribution in [3.63, 3.8) is 0 Å². The lowest BCUT2D eigenvalue weighted by Gasteiger charge is -2.01. The van der Waals surface area contributed by atoms with Crippen LogP contribution in [-0.4, -0.2) is 21.8 Å². The fraction of sp³-hybridized carbons (Fsp3) is 0.286. The number of halogens is 1. The fourth-order valence-corrected chi connectivity index (χ4v) is 0.770. The largest absolute Gasteiger partial charge is 0.321 e. The predicted octanol–water partition coefficient (Wildman–Crippen LogP) is 0.660. The molecule has 1 rings (SSSR count). The van der Waals surface area contributed by atoms with Gasteiger partial charge < -0.3 is 5.73 Å². The van der Waals surface area contributed by atoms with Crippen LogP contribution in [0.1, 0.15) is 17.4 Å². The topological polar surface area (TPSA) is 68.9 Å². The SMILES string of the molecule is CC(N)C(=O)c1cnc(Cl)cn1. The Bertz CT molecular complexity index is 283. The molecule has 0 aliphatic heterocycles. The van der Waals surface area contributed by atoms with E-state index < -0.39 is 6.04 Å². The van der Waals surface area contributed by atoms with Crippen molar-refractivity contribution < 1.29 is 4.79 Å². The van der Waals surface area contributed by atoms with E-state index in [9.17, 15) is 4.79 Å². The fourth-order valence-electron chi connectivity index (χ4n) is 0.673. The molecule has 0 fully saturated rings. The number of hydrogen-bond donors (Lipinski definition) is 1. The van der Waals surface area contributed by atoms with Gasteiger partial charge in [0.2, 0.25) is 0 Å². The molecule has 0 aromatic carbocycles. The molecule has 0 spiro atoms. The molecule has 0 aliphatic rings. The molecule has 2 N–H and O–H groups in total. The van der Waals surface area contributed by atoms with Crippen LogP contribution in [-0.2, 0) is 0 Å². The summed E-state index contributed by atoms with van der Waals surface area (Å²) in [7, 11) is 0. The van der Waals surface area contributed by atoms with Crippen molar-refractivity contribution in [3.05, 3.63) is 23.2 Å². The molecular weight excluding hydrogens is 178 g/mol. The third-order valence-corrected chi connectivity index (χ3v) is 1.48. The van der Waals surface area contributed by atoms with Gasteiger partial charge in [0, 0.05) is 0 Å². The van der Waals surface area contributed by atoms with Crippen LogP contribution in [0.5, 0.6) is 0 Å². The average molecular weight is 186 g/mol. The first-order valence-corrected chi connectivity index (χ1v) is 3.76. The Morgan fingerprint density at radius 3 is 2.67 bits per heavy atom. The third kappa shape index (κ3) is 1.99. The molecule has 0 saturated heterocycles. The molecular formula is C7H8ClN3O. The second kappa shape index (κ2) is 3.60. The summed E-state index contributed by atoms with van der Waals surface area (Å²) in [5.74, 6) is -0.237. The number of nitrogens with zero attached hydrogens (tertiary/aromatic N) is 2. The van der Waals surface area contributed by atoms with E-state index in [0.29, 0.717) is 0 Å². The van der Waals surface area contributed by atoms with Crippen molar-refractivity contribution in [2.75, 3.05) is 0 Å². The average Bonchev–Trinajstić information content (AvgIpc) is 2.04. The third-order valence-electron chi connectivity index (χ3n) is 1.29. The van der Waals surface area contributed by atoms with Gasteiger partial charge in [0.25, 0.3) is 0 Å². The van der Waals surface area contributed by atoms with Gasteiger partial charge in [0.15, 0.2) is 5.78 Å². The first kappa shape index (κ1) is 9.09. The van der Waals surface area contributed by atoms with Crippen LogP contribution < -0.4 is 5.73 Å². The van der Waals surface area contributed by atoms with E-state index in [1.165, 1.54) is 12.4 Å². The minimum atomic E-state index is -0.555. The van der Waals surface area contributed by atoms with Crippen molar-refractivity contribution >= 4 is 17.4 Å². The number of aromatic nitrogens is 2. The molecule has 0 amide bonds. The molecule has 4 nitrogen and oxygen atoms in total. The van der Waals surface area contributed by atoms with Crippen LogP contribution in [0.4, 0.5) is 0 Å². The van der Waals surface area contributed by atoms with E-state index in [1.807, 2.05) is 0 Å². The van der Waals surface area contributed by atoms with Gasteiger partial charge in [-0.1, -0.05) is 11.6 Å². The van der Waals surface area contributed by atoms with E-state index in [2.05, 4.69) is 9.97 Å². The molecule has 0 bridgehead atoms. The standard InChI is InChI=1S/C7H8ClN3O/c1-4(9)7(12)5-2-11-6(8)3-10-5/h2-4H,9H2,1H3. The highest BCUT2D eigenvalue weighted by molar-refractivity contribution is 6.29. The highest BCUT2D eigenvalue weighted by Gasteiger charge is 2.11. The molecule has 1 aromatic heterocycles. The van der Waals surface area contributed by atoms with Crippen molar-refractivity contribution in [2.45, 2.75) is 13.0 Å². The van der Waals surface area contributed by atoms with Crippen LogP contribution in [0.15, 0.2) is 12.4 Å². The molecule has 64 valence electrons. The summed E-state index contributed by atoms with van der Waals surface area (Å²) in [4.78, 5) is 18.7. The summed E-state index contributed by atoms with van der Waals surface area (Å²) >= 11 is 5.48. The Morgan fingerprint density at radius 2 is 2.25 bits per heavy atom. The zero-order chi connectivity index (χ0) is 9.14.